The minimum atomic E-state index is -1.38. The van der Waals surface area contributed by atoms with Gasteiger partial charge in [0.1, 0.15) is 5.69 Å². The monoisotopic (exact) mass is 246 g/mol. The lowest BCUT2D eigenvalue weighted by Gasteiger charge is -2.08. The van der Waals surface area contributed by atoms with E-state index < -0.39 is 18.0 Å². The maximum atomic E-state index is 11.4. The van der Waals surface area contributed by atoms with E-state index in [1.54, 1.807) is 0 Å². The number of nitrogens with one attached hydrogen (secondary N) is 2. The van der Waals surface area contributed by atoms with Crippen molar-refractivity contribution < 1.29 is 19.4 Å². The molecule has 0 aliphatic carbocycles. The molecule has 0 fully saturated rings. The second-order valence-corrected chi connectivity index (χ2v) is 3.42. The highest BCUT2D eigenvalue weighted by Gasteiger charge is 2.17. The maximum absolute atomic E-state index is 11.4. The maximum Gasteiger partial charge on any atom is 0.336 e. The number of ether oxygens (including phenoxy) is 1. The van der Waals surface area contributed by atoms with E-state index in [0.29, 0.717) is 5.02 Å². The summed E-state index contributed by atoms with van der Waals surface area (Å²) >= 11 is 5.61. The largest absolute Gasteiger partial charge is 0.467 e. The molecule has 0 spiro atoms. The van der Waals surface area contributed by atoms with Crippen molar-refractivity contribution in [2.45, 2.75) is 6.10 Å². The molecule has 1 atom stereocenters. The quantitative estimate of drug-likeness (QED) is 0.649. The van der Waals surface area contributed by atoms with Gasteiger partial charge in [0.15, 0.2) is 6.10 Å². The molecule has 1 heterocycles. The molecule has 7 heteroatoms. The smallest absolute Gasteiger partial charge is 0.336 e. The van der Waals surface area contributed by atoms with E-state index >= 15 is 0 Å². The van der Waals surface area contributed by atoms with E-state index in [1.807, 2.05) is 0 Å². The van der Waals surface area contributed by atoms with Crippen LogP contribution >= 0.6 is 11.6 Å². The molecule has 16 heavy (non-hydrogen) atoms. The van der Waals surface area contributed by atoms with Crippen LogP contribution < -0.4 is 5.32 Å². The van der Waals surface area contributed by atoms with Gasteiger partial charge in [0.2, 0.25) is 0 Å². The molecular weight excluding hydrogens is 236 g/mol. The Morgan fingerprint density at radius 3 is 2.88 bits per heavy atom. The van der Waals surface area contributed by atoms with Crippen LogP contribution in [0.2, 0.25) is 5.02 Å². The van der Waals surface area contributed by atoms with Crippen LogP contribution in [0.4, 0.5) is 0 Å². The highest BCUT2D eigenvalue weighted by atomic mass is 35.5. The van der Waals surface area contributed by atoms with Crippen molar-refractivity contribution in [1.29, 1.82) is 0 Å². The highest BCUT2D eigenvalue weighted by molar-refractivity contribution is 6.30. The van der Waals surface area contributed by atoms with Crippen LogP contribution in [0.3, 0.4) is 0 Å². The molecule has 0 aliphatic heterocycles. The molecular formula is C9H11ClN2O4. The third-order valence-corrected chi connectivity index (χ3v) is 2.04. The fraction of sp³-hybridized carbons (Fsp3) is 0.333. The van der Waals surface area contributed by atoms with Crippen molar-refractivity contribution in [3.63, 3.8) is 0 Å². The fourth-order valence-corrected chi connectivity index (χ4v) is 1.17. The number of amides is 1. The lowest BCUT2D eigenvalue weighted by Crippen LogP contribution is -2.37. The summed E-state index contributed by atoms with van der Waals surface area (Å²) in [5.74, 6) is -1.26. The van der Waals surface area contributed by atoms with Gasteiger partial charge in [0, 0.05) is 6.20 Å². The minimum absolute atomic E-state index is 0.220. The summed E-state index contributed by atoms with van der Waals surface area (Å²) in [6.07, 6.45) is 0.0760. The first-order chi connectivity index (χ1) is 7.54. The Kier molecular flexibility index (Phi) is 4.33. The van der Waals surface area contributed by atoms with Crippen LogP contribution in [-0.4, -0.2) is 41.7 Å². The Morgan fingerprint density at radius 2 is 2.38 bits per heavy atom. The molecule has 0 aromatic carbocycles. The van der Waals surface area contributed by atoms with E-state index in [4.69, 9.17) is 11.6 Å². The number of halogens is 1. The number of hydrogen-bond donors (Lipinski definition) is 3. The molecule has 0 radical (unpaired) electrons. The van der Waals surface area contributed by atoms with Crippen LogP contribution in [0.15, 0.2) is 12.3 Å². The first-order valence-corrected chi connectivity index (χ1v) is 4.80. The first kappa shape index (κ1) is 12.5. The zero-order valence-corrected chi connectivity index (χ0v) is 9.25. The number of aromatic amines is 1. The van der Waals surface area contributed by atoms with E-state index in [9.17, 15) is 14.7 Å². The second kappa shape index (κ2) is 5.53. The Bertz CT molecular complexity index is 391. The zero-order valence-electron chi connectivity index (χ0n) is 8.49. The van der Waals surface area contributed by atoms with Crippen molar-refractivity contribution >= 4 is 23.5 Å². The van der Waals surface area contributed by atoms with Gasteiger partial charge in [0.05, 0.1) is 18.7 Å². The molecule has 0 saturated heterocycles. The Balaban J connectivity index is 2.44. The van der Waals surface area contributed by atoms with Crippen molar-refractivity contribution in [3.8, 4) is 0 Å². The standard InChI is InChI=1S/C9H11ClN2O4/c1-16-9(15)7(13)4-12-8(14)6-2-5(10)3-11-6/h2-3,7,11,13H,4H2,1H3,(H,12,14). The number of methoxy groups -OCH3 is 1. The molecule has 1 aromatic rings. The van der Waals surface area contributed by atoms with Gasteiger partial charge in [-0.3, -0.25) is 4.79 Å². The predicted octanol–water partition coefficient (Wildman–Crippen LogP) is -0.0682. The van der Waals surface area contributed by atoms with E-state index in [-0.39, 0.29) is 12.2 Å². The highest BCUT2D eigenvalue weighted by Crippen LogP contribution is 2.08. The van der Waals surface area contributed by atoms with Gasteiger partial charge < -0.3 is 20.1 Å². The Hall–Kier alpha value is -1.53. The Labute approximate surface area is 96.5 Å². The minimum Gasteiger partial charge on any atom is -0.467 e. The lowest BCUT2D eigenvalue weighted by molar-refractivity contribution is -0.149. The molecule has 1 amide bonds. The number of H-pyrrole nitrogens is 1. The number of carbonyl (C=O) groups is 2. The number of aromatic nitrogens is 1. The summed E-state index contributed by atoms with van der Waals surface area (Å²) in [4.78, 5) is 24.9. The van der Waals surface area contributed by atoms with E-state index in [2.05, 4.69) is 15.0 Å². The van der Waals surface area contributed by atoms with Gasteiger partial charge in [-0.2, -0.15) is 0 Å². The number of rotatable bonds is 4. The SMILES string of the molecule is COC(=O)C(O)CNC(=O)c1cc(Cl)c[nH]1. The number of hydrogen-bond acceptors (Lipinski definition) is 4. The third kappa shape index (κ3) is 3.25. The Morgan fingerprint density at radius 1 is 1.69 bits per heavy atom. The summed E-state index contributed by atoms with van der Waals surface area (Å²) in [5, 5.41) is 11.9. The molecule has 3 N–H and O–H groups in total. The summed E-state index contributed by atoms with van der Waals surface area (Å²) in [5.41, 5.74) is 0.252. The molecule has 88 valence electrons. The number of esters is 1. The predicted molar refractivity (Wildman–Crippen MR) is 56.2 cm³/mol. The normalized spacial score (nSPS) is 11.9. The van der Waals surface area contributed by atoms with Crippen LogP contribution in [0.1, 0.15) is 10.5 Å². The number of aliphatic hydroxyl groups excluding tert-OH is 1. The van der Waals surface area contributed by atoms with Crippen molar-refractivity contribution in [3.05, 3.63) is 23.0 Å². The van der Waals surface area contributed by atoms with Gasteiger partial charge in [-0.1, -0.05) is 11.6 Å². The van der Waals surface area contributed by atoms with Crippen LogP contribution in [0, 0.1) is 0 Å². The van der Waals surface area contributed by atoms with Gasteiger partial charge in [-0.15, -0.1) is 0 Å². The molecule has 0 saturated carbocycles. The molecule has 1 rings (SSSR count). The second-order valence-electron chi connectivity index (χ2n) is 2.98. The van der Waals surface area contributed by atoms with Crippen molar-refractivity contribution in [2.24, 2.45) is 0 Å². The summed E-state index contributed by atoms with van der Waals surface area (Å²) in [6, 6.07) is 1.43. The van der Waals surface area contributed by atoms with Gasteiger partial charge in [-0.25, -0.2) is 4.79 Å². The van der Waals surface area contributed by atoms with Crippen molar-refractivity contribution in [2.75, 3.05) is 13.7 Å². The van der Waals surface area contributed by atoms with Gasteiger partial charge >= 0.3 is 5.97 Å². The number of aliphatic hydroxyl groups is 1. The fourth-order valence-electron chi connectivity index (χ4n) is 1.00. The van der Waals surface area contributed by atoms with Crippen LogP contribution in [0.25, 0.3) is 0 Å². The molecule has 0 aliphatic rings. The summed E-state index contributed by atoms with van der Waals surface area (Å²) < 4.78 is 4.28. The third-order valence-electron chi connectivity index (χ3n) is 1.82. The molecule has 1 unspecified atom stereocenters. The van der Waals surface area contributed by atoms with Gasteiger partial charge in [0.25, 0.3) is 5.91 Å². The molecule has 6 nitrogen and oxygen atoms in total. The average Bonchev–Trinajstić information content (AvgIpc) is 2.71. The molecule has 0 bridgehead atoms. The average molecular weight is 247 g/mol. The summed E-state index contributed by atoms with van der Waals surface area (Å²) in [6.45, 7) is -0.220. The van der Waals surface area contributed by atoms with Crippen LogP contribution in [0.5, 0.6) is 0 Å². The van der Waals surface area contributed by atoms with E-state index in [0.717, 1.165) is 7.11 Å². The lowest BCUT2D eigenvalue weighted by atomic mass is 10.3. The first-order valence-electron chi connectivity index (χ1n) is 4.42. The molecule has 1 aromatic heterocycles. The number of carbonyl (C=O) groups excluding carboxylic acids is 2. The van der Waals surface area contributed by atoms with E-state index in [1.165, 1.54) is 12.3 Å². The van der Waals surface area contributed by atoms with Crippen molar-refractivity contribution in [1.82, 2.24) is 10.3 Å². The summed E-state index contributed by atoms with van der Waals surface area (Å²) in [7, 11) is 1.15. The zero-order chi connectivity index (χ0) is 12.1. The van der Waals surface area contributed by atoms with Crippen LogP contribution in [-0.2, 0) is 9.53 Å². The topological polar surface area (TPSA) is 91.4 Å². The van der Waals surface area contributed by atoms with Gasteiger partial charge in [-0.05, 0) is 6.07 Å².